The second-order valence-electron chi connectivity index (χ2n) is 7.94. The lowest BCUT2D eigenvalue weighted by atomic mass is 9.84. The second kappa shape index (κ2) is 9.74. The molecular weight excluding hydrogens is 367 g/mol. The van der Waals surface area contributed by atoms with Crippen LogP contribution in [-0.4, -0.2) is 42.6 Å². The Kier molecular flexibility index (Phi) is 7.36. The first kappa shape index (κ1) is 20.4. The summed E-state index contributed by atoms with van der Waals surface area (Å²) in [5.41, 5.74) is 0. The zero-order valence-electron chi connectivity index (χ0n) is 16.1. The smallest absolute Gasteiger partial charge is 0.217 e. The van der Waals surface area contributed by atoms with Gasteiger partial charge >= 0.3 is 0 Å². The van der Waals surface area contributed by atoms with E-state index >= 15 is 0 Å². The van der Waals surface area contributed by atoms with Crippen LogP contribution in [0.5, 0.6) is 5.75 Å². The number of nitrogens with zero attached hydrogens (tertiary/aromatic N) is 1. The van der Waals surface area contributed by atoms with Gasteiger partial charge in [-0.3, -0.25) is 4.79 Å². The topological polar surface area (TPSA) is 41.6 Å². The van der Waals surface area contributed by atoms with Gasteiger partial charge in [-0.15, -0.1) is 0 Å². The molecule has 27 heavy (non-hydrogen) atoms. The molecule has 0 atom stereocenters. The summed E-state index contributed by atoms with van der Waals surface area (Å²) in [6.45, 7) is 4.83. The minimum absolute atomic E-state index is 0.0893. The highest BCUT2D eigenvalue weighted by Crippen LogP contribution is 2.28. The van der Waals surface area contributed by atoms with Gasteiger partial charge in [0.05, 0.1) is 5.02 Å². The van der Waals surface area contributed by atoms with Crippen molar-refractivity contribution in [3.05, 3.63) is 29.0 Å². The summed E-state index contributed by atoms with van der Waals surface area (Å²) in [5, 5.41) is 3.16. The summed E-state index contributed by atoms with van der Waals surface area (Å²) >= 11 is 5.82. The lowest BCUT2D eigenvalue weighted by Gasteiger charge is -2.34. The molecule has 3 rings (SSSR count). The largest absolute Gasteiger partial charge is 0.490 e. The number of amides is 1. The van der Waals surface area contributed by atoms with E-state index in [0.29, 0.717) is 11.8 Å². The molecule has 2 fully saturated rings. The number of likely N-dealkylation sites (tertiary alicyclic amines) is 1. The number of piperidine rings is 1. The molecule has 1 N–H and O–H groups in total. The molecule has 1 aliphatic heterocycles. The number of ether oxygens (including phenoxy) is 1. The summed E-state index contributed by atoms with van der Waals surface area (Å²) in [7, 11) is 0. The quantitative estimate of drug-likeness (QED) is 0.774. The first-order valence-electron chi connectivity index (χ1n) is 10.1. The van der Waals surface area contributed by atoms with Gasteiger partial charge in [0, 0.05) is 32.1 Å². The molecule has 1 aliphatic carbocycles. The van der Waals surface area contributed by atoms with Crippen LogP contribution < -0.4 is 10.1 Å². The first-order chi connectivity index (χ1) is 13.0. The number of carbonyl (C=O) groups excluding carboxylic acids is 1. The van der Waals surface area contributed by atoms with Gasteiger partial charge in [0.15, 0.2) is 0 Å². The van der Waals surface area contributed by atoms with E-state index in [1.54, 1.807) is 19.1 Å². The Morgan fingerprint density at radius 3 is 2.56 bits per heavy atom. The molecule has 1 heterocycles. The van der Waals surface area contributed by atoms with E-state index in [2.05, 4.69) is 10.2 Å². The van der Waals surface area contributed by atoms with Crippen molar-refractivity contribution in [2.45, 2.75) is 64.0 Å². The van der Waals surface area contributed by atoms with Crippen LogP contribution in [0.1, 0.15) is 51.9 Å². The molecule has 2 aliphatic rings. The van der Waals surface area contributed by atoms with Crippen LogP contribution in [0.2, 0.25) is 5.02 Å². The lowest BCUT2D eigenvalue weighted by molar-refractivity contribution is -0.119. The fourth-order valence-electron chi connectivity index (χ4n) is 4.24. The highest BCUT2D eigenvalue weighted by atomic mass is 35.5. The highest BCUT2D eigenvalue weighted by Gasteiger charge is 2.24. The molecule has 1 aromatic carbocycles. The van der Waals surface area contributed by atoms with Gasteiger partial charge in [0.1, 0.15) is 17.7 Å². The molecule has 1 aromatic rings. The number of halogens is 2. The fourth-order valence-corrected chi connectivity index (χ4v) is 4.41. The van der Waals surface area contributed by atoms with Gasteiger partial charge in [-0.2, -0.15) is 0 Å². The maximum absolute atomic E-state index is 13.2. The number of rotatable bonds is 6. The van der Waals surface area contributed by atoms with E-state index in [4.69, 9.17) is 16.3 Å². The molecule has 4 nitrogen and oxygen atoms in total. The fraction of sp³-hybridized carbons (Fsp3) is 0.667. The van der Waals surface area contributed by atoms with Gasteiger partial charge in [-0.05, 0) is 69.5 Å². The Morgan fingerprint density at radius 1 is 1.22 bits per heavy atom. The van der Waals surface area contributed by atoms with Crippen molar-refractivity contribution in [3.63, 3.8) is 0 Å². The van der Waals surface area contributed by atoms with Crippen LogP contribution in [-0.2, 0) is 4.79 Å². The minimum Gasteiger partial charge on any atom is -0.490 e. The molecule has 6 heteroatoms. The van der Waals surface area contributed by atoms with Crippen molar-refractivity contribution < 1.29 is 13.9 Å². The van der Waals surface area contributed by atoms with Crippen LogP contribution in [0, 0.1) is 11.7 Å². The van der Waals surface area contributed by atoms with E-state index in [1.165, 1.54) is 25.3 Å². The Bertz CT molecular complexity index is 627. The van der Waals surface area contributed by atoms with E-state index in [1.807, 2.05) is 0 Å². The van der Waals surface area contributed by atoms with Crippen LogP contribution in [0.4, 0.5) is 4.39 Å². The molecule has 0 aromatic heterocycles. The molecule has 1 saturated carbocycles. The lowest BCUT2D eigenvalue weighted by Crippen LogP contribution is -2.40. The molecule has 1 saturated heterocycles. The van der Waals surface area contributed by atoms with Crippen molar-refractivity contribution in [1.29, 1.82) is 0 Å². The van der Waals surface area contributed by atoms with Crippen LogP contribution in [0.3, 0.4) is 0 Å². The average molecular weight is 397 g/mol. The maximum atomic E-state index is 13.2. The van der Waals surface area contributed by atoms with Crippen LogP contribution in [0.25, 0.3) is 0 Å². The summed E-state index contributed by atoms with van der Waals surface area (Å²) < 4.78 is 19.2. The SMILES string of the molecule is CC(=O)NC1CCC(CCN2CCC(Oc3ccc(F)c(Cl)c3)CC2)CC1. The number of nitrogens with one attached hydrogen (secondary N) is 1. The Balaban J connectivity index is 1.33. The van der Waals surface area contributed by atoms with Crippen molar-refractivity contribution >= 4 is 17.5 Å². The van der Waals surface area contributed by atoms with E-state index in [9.17, 15) is 9.18 Å². The van der Waals surface area contributed by atoms with Crippen molar-refractivity contribution in [2.75, 3.05) is 19.6 Å². The van der Waals surface area contributed by atoms with E-state index < -0.39 is 5.82 Å². The standard InChI is InChI=1S/C21H30ClFN2O2/c1-15(26)24-17-4-2-16(3-5-17)8-11-25-12-9-18(10-13-25)27-19-6-7-21(23)20(22)14-19/h6-7,14,16-18H,2-5,8-13H2,1H3,(H,24,26). The number of hydrogen-bond acceptors (Lipinski definition) is 3. The summed E-state index contributed by atoms with van der Waals surface area (Å²) in [5.74, 6) is 1.11. The van der Waals surface area contributed by atoms with Crippen molar-refractivity contribution in [1.82, 2.24) is 10.2 Å². The van der Waals surface area contributed by atoms with Gasteiger partial charge in [0.25, 0.3) is 0 Å². The predicted octanol–water partition coefficient (Wildman–Crippen LogP) is 4.41. The van der Waals surface area contributed by atoms with Crippen LogP contribution >= 0.6 is 11.6 Å². The number of benzene rings is 1. The van der Waals surface area contributed by atoms with Crippen molar-refractivity contribution in [3.8, 4) is 5.75 Å². The van der Waals surface area contributed by atoms with Gasteiger partial charge in [-0.25, -0.2) is 4.39 Å². The third-order valence-electron chi connectivity index (χ3n) is 5.84. The monoisotopic (exact) mass is 396 g/mol. The Morgan fingerprint density at radius 2 is 1.93 bits per heavy atom. The first-order valence-corrected chi connectivity index (χ1v) is 10.5. The van der Waals surface area contributed by atoms with Crippen molar-refractivity contribution in [2.24, 2.45) is 5.92 Å². The van der Waals surface area contributed by atoms with Crippen LogP contribution in [0.15, 0.2) is 18.2 Å². The van der Waals surface area contributed by atoms with E-state index in [0.717, 1.165) is 51.2 Å². The average Bonchev–Trinajstić information content (AvgIpc) is 2.65. The third kappa shape index (κ3) is 6.35. The van der Waals surface area contributed by atoms with E-state index in [-0.39, 0.29) is 17.0 Å². The Hall–Kier alpha value is -1.33. The summed E-state index contributed by atoms with van der Waals surface area (Å²) in [6.07, 6.45) is 8.06. The van der Waals surface area contributed by atoms with Gasteiger partial charge < -0.3 is 15.0 Å². The van der Waals surface area contributed by atoms with Gasteiger partial charge in [-0.1, -0.05) is 11.6 Å². The summed E-state index contributed by atoms with van der Waals surface area (Å²) in [4.78, 5) is 13.7. The number of carbonyl (C=O) groups is 1. The maximum Gasteiger partial charge on any atom is 0.217 e. The molecule has 0 unspecified atom stereocenters. The second-order valence-corrected chi connectivity index (χ2v) is 8.35. The highest BCUT2D eigenvalue weighted by molar-refractivity contribution is 6.30. The molecule has 0 bridgehead atoms. The normalized spacial score (nSPS) is 24.6. The molecule has 0 spiro atoms. The minimum atomic E-state index is -0.412. The zero-order chi connectivity index (χ0) is 19.2. The number of hydrogen-bond donors (Lipinski definition) is 1. The molecule has 150 valence electrons. The Labute approximate surface area is 166 Å². The predicted molar refractivity (Wildman–Crippen MR) is 106 cm³/mol. The summed E-state index contributed by atoms with van der Waals surface area (Å²) in [6, 6.07) is 4.94. The molecule has 1 amide bonds. The van der Waals surface area contributed by atoms with Gasteiger partial charge in [0.2, 0.25) is 5.91 Å². The zero-order valence-corrected chi connectivity index (χ0v) is 16.8. The molecule has 0 radical (unpaired) electrons. The third-order valence-corrected chi connectivity index (χ3v) is 6.13. The molecular formula is C21H30ClFN2O2.